The van der Waals surface area contributed by atoms with Crippen molar-refractivity contribution < 1.29 is 4.79 Å². The van der Waals surface area contributed by atoms with Crippen LogP contribution in [0.5, 0.6) is 0 Å². The van der Waals surface area contributed by atoms with Crippen molar-refractivity contribution >= 4 is 17.2 Å². The van der Waals surface area contributed by atoms with Crippen LogP contribution in [0, 0.1) is 17.3 Å². The monoisotopic (exact) mass is 290 g/mol. The number of carbonyl (C=O) groups is 1. The highest BCUT2D eigenvalue weighted by molar-refractivity contribution is 7.12. The molecular weight excluding hydrogens is 268 g/mol. The molecule has 1 aromatic rings. The quantitative estimate of drug-likeness (QED) is 0.870. The lowest BCUT2D eigenvalue weighted by Gasteiger charge is -2.26. The summed E-state index contributed by atoms with van der Waals surface area (Å²) < 4.78 is 0. The lowest BCUT2D eigenvalue weighted by molar-refractivity contribution is 0.0774. The van der Waals surface area contributed by atoms with Crippen LogP contribution in [0.3, 0.4) is 0 Å². The van der Waals surface area contributed by atoms with Crippen LogP contribution in [-0.2, 0) is 0 Å². The van der Waals surface area contributed by atoms with Crippen molar-refractivity contribution in [2.45, 2.75) is 33.1 Å². The molecule has 0 unspecified atom stereocenters. The molecule has 0 atom stereocenters. The number of likely N-dealkylation sites (tertiary alicyclic amines) is 1. The zero-order chi connectivity index (χ0) is 14.6. The van der Waals surface area contributed by atoms with Crippen LogP contribution in [0.1, 0.15) is 48.3 Å². The van der Waals surface area contributed by atoms with E-state index in [-0.39, 0.29) is 5.91 Å². The Kier molecular flexibility index (Phi) is 4.85. The Morgan fingerprint density at radius 3 is 2.85 bits per heavy atom. The zero-order valence-corrected chi connectivity index (χ0v) is 13.1. The summed E-state index contributed by atoms with van der Waals surface area (Å²) in [5.74, 6) is 5.95. The maximum absolute atomic E-state index is 12.6. The van der Waals surface area contributed by atoms with E-state index in [1.807, 2.05) is 16.3 Å². The van der Waals surface area contributed by atoms with Gasteiger partial charge in [0.2, 0.25) is 0 Å². The van der Waals surface area contributed by atoms with Crippen molar-refractivity contribution in [3.8, 4) is 11.8 Å². The summed E-state index contributed by atoms with van der Waals surface area (Å²) >= 11 is 1.48. The van der Waals surface area contributed by atoms with Crippen molar-refractivity contribution in [1.82, 2.24) is 4.90 Å². The lowest BCUT2D eigenvalue weighted by atomic mass is 9.82. The lowest BCUT2D eigenvalue weighted by Crippen LogP contribution is -2.31. The van der Waals surface area contributed by atoms with E-state index >= 15 is 0 Å². The molecule has 3 nitrogen and oxygen atoms in total. The minimum Gasteiger partial charge on any atom is -0.337 e. The molecule has 0 bridgehead atoms. The van der Waals surface area contributed by atoms with E-state index in [4.69, 9.17) is 5.73 Å². The van der Waals surface area contributed by atoms with Crippen LogP contribution in [0.4, 0.5) is 0 Å². The molecule has 1 aliphatic rings. The van der Waals surface area contributed by atoms with Gasteiger partial charge in [0.1, 0.15) is 4.88 Å². The van der Waals surface area contributed by atoms with Crippen LogP contribution < -0.4 is 5.73 Å². The third kappa shape index (κ3) is 2.89. The molecule has 0 spiro atoms. The predicted octanol–water partition coefficient (Wildman–Crippen LogP) is 2.71. The molecule has 1 aromatic heterocycles. The highest BCUT2D eigenvalue weighted by Crippen LogP contribution is 2.37. The summed E-state index contributed by atoms with van der Waals surface area (Å²) in [5.41, 5.74) is 6.53. The van der Waals surface area contributed by atoms with Gasteiger partial charge < -0.3 is 10.6 Å². The largest absolute Gasteiger partial charge is 0.337 e. The molecule has 0 radical (unpaired) electrons. The summed E-state index contributed by atoms with van der Waals surface area (Å²) in [6.07, 6.45) is 3.38. The minimum atomic E-state index is 0.130. The SMILES string of the molecule is CCC1(CC)CCN(C(=O)c2sccc2C#CCN)C1. The van der Waals surface area contributed by atoms with Crippen LogP contribution in [0.25, 0.3) is 0 Å². The van der Waals surface area contributed by atoms with E-state index in [0.717, 1.165) is 42.8 Å². The molecule has 20 heavy (non-hydrogen) atoms. The van der Waals surface area contributed by atoms with Gasteiger partial charge in [0, 0.05) is 18.7 Å². The maximum atomic E-state index is 12.6. The molecule has 0 aromatic carbocycles. The fraction of sp³-hybridized carbons (Fsp3) is 0.562. The molecule has 0 aliphatic carbocycles. The van der Waals surface area contributed by atoms with Crippen molar-refractivity contribution in [2.75, 3.05) is 19.6 Å². The predicted molar refractivity (Wildman–Crippen MR) is 83.8 cm³/mol. The molecule has 108 valence electrons. The topological polar surface area (TPSA) is 46.3 Å². The van der Waals surface area contributed by atoms with Crippen LogP contribution >= 0.6 is 11.3 Å². The first kappa shape index (κ1) is 15.1. The number of rotatable bonds is 3. The molecule has 4 heteroatoms. The van der Waals surface area contributed by atoms with Gasteiger partial charge in [-0.25, -0.2) is 0 Å². The average Bonchev–Trinajstić information content (AvgIpc) is 3.11. The van der Waals surface area contributed by atoms with Gasteiger partial charge in [-0.05, 0) is 36.1 Å². The number of amides is 1. The van der Waals surface area contributed by atoms with Crippen molar-refractivity contribution in [1.29, 1.82) is 0 Å². The van der Waals surface area contributed by atoms with Gasteiger partial charge in [-0.15, -0.1) is 11.3 Å². The Balaban J connectivity index is 2.15. The molecule has 1 saturated heterocycles. The van der Waals surface area contributed by atoms with E-state index in [0.29, 0.717) is 12.0 Å². The van der Waals surface area contributed by atoms with Crippen molar-refractivity contribution in [3.63, 3.8) is 0 Å². The summed E-state index contributed by atoms with van der Waals surface area (Å²) in [5, 5.41) is 1.93. The minimum absolute atomic E-state index is 0.130. The second-order valence-electron chi connectivity index (χ2n) is 5.35. The second kappa shape index (κ2) is 6.43. The number of hydrogen-bond acceptors (Lipinski definition) is 3. The standard InChI is InChI=1S/C16H22N2OS/c1-3-16(4-2)8-10-18(12-16)15(19)14-13(6-5-9-17)7-11-20-14/h7,11H,3-4,8-10,12,17H2,1-2H3. The zero-order valence-electron chi connectivity index (χ0n) is 12.2. The summed E-state index contributed by atoms with van der Waals surface area (Å²) in [7, 11) is 0. The van der Waals surface area contributed by atoms with Gasteiger partial charge >= 0.3 is 0 Å². The third-order valence-corrected chi connectivity index (χ3v) is 5.31. The Labute approximate surface area is 125 Å². The summed E-state index contributed by atoms with van der Waals surface area (Å²) in [4.78, 5) is 15.4. The summed E-state index contributed by atoms with van der Waals surface area (Å²) in [6, 6.07) is 1.91. The molecule has 2 rings (SSSR count). The Bertz CT molecular complexity index is 534. The molecule has 2 N–H and O–H groups in total. The van der Waals surface area contributed by atoms with Crippen molar-refractivity contribution in [3.05, 3.63) is 21.9 Å². The first-order valence-corrected chi connectivity index (χ1v) is 8.09. The van der Waals surface area contributed by atoms with E-state index < -0.39 is 0 Å². The Hall–Kier alpha value is -1.31. The second-order valence-corrected chi connectivity index (χ2v) is 6.27. The fourth-order valence-electron chi connectivity index (χ4n) is 2.80. The molecule has 2 heterocycles. The Morgan fingerprint density at radius 1 is 1.50 bits per heavy atom. The van der Waals surface area contributed by atoms with Gasteiger partial charge in [-0.2, -0.15) is 0 Å². The van der Waals surface area contributed by atoms with E-state index in [9.17, 15) is 4.79 Å². The molecular formula is C16H22N2OS. The average molecular weight is 290 g/mol. The highest BCUT2D eigenvalue weighted by Gasteiger charge is 2.37. The fourth-order valence-corrected chi connectivity index (χ4v) is 3.61. The third-order valence-electron chi connectivity index (χ3n) is 4.41. The normalized spacial score (nSPS) is 16.9. The van der Waals surface area contributed by atoms with Crippen LogP contribution in [-0.4, -0.2) is 30.4 Å². The number of thiophene rings is 1. The van der Waals surface area contributed by atoms with E-state index in [1.165, 1.54) is 11.3 Å². The number of nitrogens with zero attached hydrogens (tertiary/aromatic N) is 1. The van der Waals surface area contributed by atoms with E-state index in [1.54, 1.807) is 0 Å². The van der Waals surface area contributed by atoms with Crippen LogP contribution in [0.2, 0.25) is 0 Å². The van der Waals surface area contributed by atoms with Gasteiger partial charge in [0.15, 0.2) is 0 Å². The number of hydrogen-bond donors (Lipinski definition) is 1. The maximum Gasteiger partial charge on any atom is 0.265 e. The first-order chi connectivity index (χ1) is 9.65. The smallest absolute Gasteiger partial charge is 0.265 e. The van der Waals surface area contributed by atoms with E-state index in [2.05, 4.69) is 25.7 Å². The van der Waals surface area contributed by atoms with Gasteiger partial charge in [0.05, 0.1) is 6.54 Å². The molecule has 1 aliphatic heterocycles. The number of nitrogens with two attached hydrogens (primary N) is 1. The Morgan fingerprint density at radius 2 is 2.25 bits per heavy atom. The van der Waals surface area contributed by atoms with Gasteiger partial charge in [-0.3, -0.25) is 4.79 Å². The summed E-state index contributed by atoms with van der Waals surface area (Å²) in [6.45, 7) is 6.51. The van der Waals surface area contributed by atoms with Crippen molar-refractivity contribution in [2.24, 2.45) is 11.1 Å². The first-order valence-electron chi connectivity index (χ1n) is 7.21. The molecule has 0 saturated carbocycles. The number of carbonyl (C=O) groups excluding carboxylic acids is 1. The van der Waals surface area contributed by atoms with Gasteiger partial charge in [0.25, 0.3) is 5.91 Å². The van der Waals surface area contributed by atoms with Gasteiger partial charge in [-0.1, -0.05) is 25.7 Å². The highest BCUT2D eigenvalue weighted by atomic mass is 32.1. The molecule has 1 amide bonds. The molecule has 1 fully saturated rings. The van der Waals surface area contributed by atoms with Crippen LogP contribution in [0.15, 0.2) is 11.4 Å².